The van der Waals surface area contributed by atoms with Crippen molar-refractivity contribution in [2.45, 2.75) is 32.0 Å². The summed E-state index contributed by atoms with van der Waals surface area (Å²) < 4.78 is 5.84. The van der Waals surface area contributed by atoms with Crippen LogP contribution in [0, 0.1) is 0 Å². The number of piperidine rings is 1. The largest absolute Gasteiger partial charge is 0.489 e. The Labute approximate surface area is 161 Å². The Morgan fingerprint density at radius 2 is 1.74 bits per heavy atom. The molecule has 3 rings (SSSR count). The fourth-order valence-corrected chi connectivity index (χ4v) is 3.55. The molecule has 1 fully saturated rings. The maximum absolute atomic E-state index is 10.9. The van der Waals surface area contributed by atoms with Gasteiger partial charge in [0.1, 0.15) is 12.4 Å². The summed E-state index contributed by atoms with van der Waals surface area (Å²) in [6.45, 7) is 3.63. The molecule has 0 atom stereocenters. The minimum atomic E-state index is -0.755. The highest BCUT2D eigenvalue weighted by atomic mass is 16.5. The number of ether oxygens (including phenoxy) is 1. The van der Waals surface area contributed by atoms with Gasteiger partial charge in [0.2, 0.25) is 0 Å². The molecule has 1 aliphatic rings. The van der Waals surface area contributed by atoms with Crippen molar-refractivity contribution in [1.29, 1.82) is 0 Å². The van der Waals surface area contributed by atoms with Crippen LogP contribution in [0.1, 0.15) is 24.0 Å². The van der Waals surface area contributed by atoms with E-state index in [-0.39, 0.29) is 6.54 Å². The van der Waals surface area contributed by atoms with Crippen LogP contribution in [0.4, 0.5) is 0 Å². The lowest BCUT2D eigenvalue weighted by Crippen LogP contribution is -2.44. The highest BCUT2D eigenvalue weighted by Crippen LogP contribution is 2.19. The van der Waals surface area contributed by atoms with Crippen LogP contribution in [-0.2, 0) is 17.9 Å². The Balaban J connectivity index is 1.43. The van der Waals surface area contributed by atoms with Crippen LogP contribution in [0.5, 0.6) is 5.75 Å². The van der Waals surface area contributed by atoms with E-state index in [9.17, 15) is 4.79 Å². The third-order valence-electron chi connectivity index (χ3n) is 5.14. The number of aliphatic carboxylic acids is 1. The van der Waals surface area contributed by atoms with Gasteiger partial charge in [-0.2, -0.15) is 0 Å². The van der Waals surface area contributed by atoms with Crippen LogP contribution >= 0.6 is 0 Å². The maximum atomic E-state index is 10.9. The van der Waals surface area contributed by atoms with Gasteiger partial charge in [0.25, 0.3) is 0 Å². The van der Waals surface area contributed by atoms with E-state index in [4.69, 9.17) is 9.84 Å². The van der Waals surface area contributed by atoms with E-state index in [1.54, 1.807) is 0 Å². The monoisotopic (exact) mass is 368 g/mol. The fourth-order valence-electron chi connectivity index (χ4n) is 3.55. The maximum Gasteiger partial charge on any atom is 0.317 e. The SMILES string of the molecule is CN(CC(=O)O)C1CCN(Cc2ccc(OCc3ccccc3)cc2)CC1. The van der Waals surface area contributed by atoms with Gasteiger partial charge < -0.3 is 9.84 Å². The molecule has 2 aromatic carbocycles. The highest BCUT2D eigenvalue weighted by Gasteiger charge is 2.23. The van der Waals surface area contributed by atoms with E-state index in [2.05, 4.69) is 29.2 Å². The van der Waals surface area contributed by atoms with Crippen molar-refractivity contribution in [1.82, 2.24) is 9.80 Å². The molecular weight excluding hydrogens is 340 g/mol. The molecule has 5 nitrogen and oxygen atoms in total. The Morgan fingerprint density at radius 1 is 1.07 bits per heavy atom. The number of nitrogens with zero attached hydrogens (tertiary/aromatic N) is 2. The Bertz CT molecular complexity index is 710. The number of carboxylic acids is 1. The molecule has 0 aliphatic carbocycles. The molecule has 1 N–H and O–H groups in total. The lowest BCUT2D eigenvalue weighted by Gasteiger charge is -2.36. The molecule has 0 bridgehead atoms. The van der Waals surface area contributed by atoms with Crippen molar-refractivity contribution in [3.05, 3.63) is 65.7 Å². The van der Waals surface area contributed by atoms with E-state index in [1.165, 1.54) is 5.56 Å². The van der Waals surface area contributed by atoms with E-state index >= 15 is 0 Å². The summed E-state index contributed by atoms with van der Waals surface area (Å²) in [5.41, 5.74) is 2.44. The van der Waals surface area contributed by atoms with Crippen molar-refractivity contribution in [2.75, 3.05) is 26.7 Å². The number of likely N-dealkylation sites (tertiary alicyclic amines) is 1. The normalized spacial score (nSPS) is 15.8. The third-order valence-corrected chi connectivity index (χ3v) is 5.14. The zero-order chi connectivity index (χ0) is 19.1. The summed E-state index contributed by atoms with van der Waals surface area (Å²) in [4.78, 5) is 15.2. The average molecular weight is 368 g/mol. The Morgan fingerprint density at radius 3 is 2.37 bits per heavy atom. The first-order valence-corrected chi connectivity index (χ1v) is 9.50. The van der Waals surface area contributed by atoms with Crippen LogP contribution in [0.15, 0.2) is 54.6 Å². The second-order valence-electron chi connectivity index (χ2n) is 7.23. The summed E-state index contributed by atoms with van der Waals surface area (Å²) in [5.74, 6) is 0.131. The molecule has 0 aromatic heterocycles. The van der Waals surface area contributed by atoms with E-state index in [0.29, 0.717) is 12.6 Å². The molecule has 2 aromatic rings. The first-order valence-electron chi connectivity index (χ1n) is 9.50. The van der Waals surface area contributed by atoms with Gasteiger partial charge in [-0.05, 0) is 56.2 Å². The molecule has 5 heteroatoms. The fraction of sp³-hybridized carbons (Fsp3) is 0.409. The van der Waals surface area contributed by atoms with Crippen LogP contribution in [0.3, 0.4) is 0 Å². The molecule has 27 heavy (non-hydrogen) atoms. The van der Waals surface area contributed by atoms with Gasteiger partial charge in [-0.3, -0.25) is 14.6 Å². The van der Waals surface area contributed by atoms with Crippen LogP contribution < -0.4 is 4.74 Å². The van der Waals surface area contributed by atoms with Crippen LogP contribution in [0.25, 0.3) is 0 Å². The van der Waals surface area contributed by atoms with Gasteiger partial charge in [0.15, 0.2) is 0 Å². The topological polar surface area (TPSA) is 53.0 Å². The van der Waals surface area contributed by atoms with Crippen molar-refractivity contribution in [3.8, 4) is 5.75 Å². The number of benzene rings is 2. The first kappa shape index (κ1) is 19.4. The van der Waals surface area contributed by atoms with Gasteiger partial charge >= 0.3 is 5.97 Å². The molecule has 0 radical (unpaired) electrons. The first-order chi connectivity index (χ1) is 13.1. The molecular formula is C22H28N2O3. The second kappa shape index (κ2) is 9.53. The van der Waals surface area contributed by atoms with E-state index < -0.39 is 5.97 Å². The summed E-state index contributed by atoms with van der Waals surface area (Å²) in [5, 5.41) is 8.92. The van der Waals surface area contributed by atoms with E-state index in [1.807, 2.05) is 42.3 Å². The van der Waals surface area contributed by atoms with Crippen molar-refractivity contribution in [2.24, 2.45) is 0 Å². The minimum absolute atomic E-state index is 0.120. The van der Waals surface area contributed by atoms with E-state index in [0.717, 1.165) is 43.8 Å². The molecule has 144 valence electrons. The summed E-state index contributed by atoms with van der Waals surface area (Å²) in [7, 11) is 1.91. The number of hydrogen-bond acceptors (Lipinski definition) is 4. The molecule has 0 spiro atoms. The lowest BCUT2D eigenvalue weighted by molar-refractivity contribution is -0.138. The standard InChI is InChI=1S/C22H28N2O3/c1-23(16-22(25)26)20-11-13-24(14-12-20)15-18-7-9-21(10-8-18)27-17-19-5-3-2-4-6-19/h2-10,20H,11-17H2,1H3,(H,25,26). The molecule has 1 heterocycles. The van der Waals surface area contributed by atoms with Gasteiger partial charge in [-0.15, -0.1) is 0 Å². The van der Waals surface area contributed by atoms with Gasteiger partial charge in [0, 0.05) is 12.6 Å². The number of carbonyl (C=O) groups is 1. The zero-order valence-corrected chi connectivity index (χ0v) is 15.9. The predicted octanol–water partition coefficient (Wildman–Crippen LogP) is 3.25. The molecule has 1 saturated heterocycles. The van der Waals surface area contributed by atoms with Crippen LogP contribution in [0.2, 0.25) is 0 Å². The molecule has 0 amide bonds. The Kier molecular flexibility index (Phi) is 6.85. The number of carboxylic acid groups (broad SMARTS) is 1. The van der Waals surface area contributed by atoms with Crippen molar-refractivity contribution in [3.63, 3.8) is 0 Å². The minimum Gasteiger partial charge on any atom is -0.489 e. The van der Waals surface area contributed by atoms with Gasteiger partial charge in [-0.1, -0.05) is 42.5 Å². The molecule has 0 saturated carbocycles. The molecule has 0 unspecified atom stereocenters. The summed E-state index contributed by atoms with van der Waals surface area (Å²) in [6.07, 6.45) is 2.03. The van der Waals surface area contributed by atoms with Gasteiger partial charge in [-0.25, -0.2) is 0 Å². The predicted molar refractivity (Wildman–Crippen MR) is 106 cm³/mol. The molecule has 1 aliphatic heterocycles. The number of likely N-dealkylation sites (N-methyl/N-ethyl adjacent to an activating group) is 1. The summed E-state index contributed by atoms with van der Waals surface area (Å²) >= 11 is 0. The number of hydrogen-bond donors (Lipinski definition) is 1. The van der Waals surface area contributed by atoms with Crippen LogP contribution in [-0.4, -0.2) is 53.6 Å². The van der Waals surface area contributed by atoms with Crippen molar-refractivity contribution < 1.29 is 14.6 Å². The number of rotatable bonds is 8. The smallest absolute Gasteiger partial charge is 0.317 e. The quantitative estimate of drug-likeness (QED) is 0.775. The zero-order valence-electron chi connectivity index (χ0n) is 15.9. The average Bonchev–Trinajstić information content (AvgIpc) is 2.68. The Hall–Kier alpha value is -2.37. The highest BCUT2D eigenvalue weighted by molar-refractivity contribution is 5.69. The lowest BCUT2D eigenvalue weighted by atomic mass is 10.0. The van der Waals surface area contributed by atoms with Gasteiger partial charge in [0.05, 0.1) is 6.54 Å². The van der Waals surface area contributed by atoms with Crippen molar-refractivity contribution >= 4 is 5.97 Å². The summed E-state index contributed by atoms with van der Waals surface area (Å²) in [6, 6.07) is 18.9. The second-order valence-corrected chi connectivity index (χ2v) is 7.23. The third kappa shape index (κ3) is 6.08.